The molecular formula is C25H28N4O3. The maximum Gasteiger partial charge on any atom is 0.415 e. The molecule has 0 radical (unpaired) electrons. The number of rotatable bonds is 8. The number of piperazine rings is 1. The van der Waals surface area contributed by atoms with Crippen LogP contribution in [0.5, 0.6) is 11.5 Å². The Hall–Kier alpha value is -3.45. The molecule has 0 spiro atoms. The summed E-state index contributed by atoms with van der Waals surface area (Å²) < 4.78 is 11.3. The van der Waals surface area contributed by atoms with Crippen LogP contribution < -0.4 is 9.47 Å². The average Bonchev–Trinajstić information content (AvgIpc) is 2.85. The Balaban J connectivity index is 1.16. The van der Waals surface area contributed by atoms with Gasteiger partial charge in [0.15, 0.2) is 0 Å². The number of pyridine rings is 2. The lowest BCUT2D eigenvalue weighted by molar-refractivity contribution is 0.111. The second-order valence-corrected chi connectivity index (χ2v) is 7.73. The number of ether oxygens (including phenoxy) is 2. The van der Waals surface area contributed by atoms with Crippen molar-refractivity contribution < 1.29 is 14.3 Å². The summed E-state index contributed by atoms with van der Waals surface area (Å²) in [5.74, 6) is 1.37. The van der Waals surface area contributed by atoms with Crippen molar-refractivity contribution >= 4 is 6.09 Å². The Morgan fingerprint density at radius 2 is 1.59 bits per heavy atom. The van der Waals surface area contributed by atoms with Crippen LogP contribution in [0.2, 0.25) is 0 Å². The molecule has 3 heterocycles. The number of nitrogens with zero attached hydrogens (tertiary/aromatic N) is 4. The van der Waals surface area contributed by atoms with Crippen molar-refractivity contribution in [1.29, 1.82) is 0 Å². The first kappa shape index (κ1) is 21.8. The first-order valence-electron chi connectivity index (χ1n) is 11.0. The molecule has 0 N–H and O–H groups in total. The van der Waals surface area contributed by atoms with Crippen molar-refractivity contribution in [3.63, 3.8) is 0 Å². The van der Waals surface area contributed by atoms with Gasteiger partial charge >= 0.3 is 6.09 Å². The predicted octanol–water partition coefficient (Wildman–Crippen LogP) is 3.46. The molecule has 1 saturated heterocycles. The minimum Gasteiger partial charge on any atom is -0.493 e. The number of hydrogen-bond acceptors (Lipinski definition) is 6. The fourth-order valence-electron chi connectivity index (χ4n) is 3.60. The Morgan fingerprint density at radius 3 is 2.31 bits per heavy atom. The minimum absolute atomic E-state index is 0.286. The molecule has 1 amide bonds. The molecule has 1 fully saturated rings. The molecule has 7 heteroatoms. The Labute approximate surface area is 188 Å². The number of hydrogen-bond donors (Lipinski definition) is 0. The third-order valence-corrected chi connectivity index (χ3v) is 5.51. The molecule has 1 aliphatic heterocycles. The van der Waals surface area contributed by atoms with Crippen molar-refractivity contribution in [2.45, 2.75) is 12.8 Å². The van der Waals surface area contributed by atoms with Crippen molar-refractivity contribution in [3.05, 3.63) is 84.4 Å². The molecule has 7 nitrogen and oxygen atoms in total. The number of amides is 1. The van der Waals surface area contributed by atoms with Gasteiger partial charge in [-0.2, -0.15) is 0 Å². The van der Waals surface area contributed by atoms with Gasteiger partial charge in [-0.3, -0.25) is 14.9 Å². The summed E-state index contributed by atoms with van der Waals surface area (Å²) in [6.45, 7) is 4.61. The Kier molecular flexibility index (Phi) is 7.65. The van der Waals surface area contributed by atoms with Crippen LogP contribution in [0.15, 0.2) is 73.3 Å². The zero-order chi connectivity index (χ0) is 22.0. The van der Waals surface area contributed by atoms with Crippen molar-refractivity contribution in [1.82, 2.24) is 19.8 Å². The standard InChI is InChI=1S/C25H28N4O3/c30-25(29-17-15-28(16-18-29)14-9-22-2-1-11-27-20-22)32-24-5-3-21(4-6-24)10-19-31-23-7-12-26-13-8-23/h1-8,11-13,20H,9-10,14-19H2. The highest BCUT2D eigenvalue weighted by Gasteiger charge is 2.22. The quantitative estimate of drug-likeness (QED) is 0.543. The molecule has 2 aromatic heterocycles. The maximum atomic E-state index is 12.5. The summed E-state index contributed by atoms with van der Waals surface area (Å²) in [7, 11) is 0. The molecule has 0 bridgehead atoms. The lowest BCUT2D eigenvalue weighted by atomic mass is 10.1. The lowest BCUT2D eigenvalue weighted by Crippen LogP contribution is -2.49. The summed E-state index contributed by atoms with van der Waals surface area (Å²) in [5.41, 5.74) is 2.36. The van der Waals surface area contributed by atoms with Gasteiger partial charge in [-0.05, 0) is 47.9 Å². The SMILES string of the molecule is O=C(Oc1ccc(CCOc2ccncc2)cc1)N1CCN(CCc2cccnc2)CC1. The Bertz CT molecular complexity index is 959. The van der Waals surface area contributed by atoms with Crippen LogP contribution in [0, 0.1) is 0 Å². The van der Waals surface area contributed by atoms with Crippen molar-refractivity contribution in [2.24, 2.45) is 0 Å². The van der Waals surface area contributed by atoms with Crippen LogP contribution >= 0.6 is 0 Å². The molecule has 1 aliphatic rings. The van der Waals surface area contributed by atoms with Gasteiger partial charge in [-0.15, -0.1) is 0 Å². The van der Waals surface area contributed by atoms with E-state index in [1.165, 1.54) is 5.56 Å². The van der Waals surface area contributed by atoms with Gasteiger partial charge in [0, 0.05) is 63.9 Å². The fourth-order valence-corrected chi connectivity index (χ4v) is 3.60. The smallest absolute Gasteiger partial charge is 0.415 e. The molecule has 0 saturated carbocycles. The number of carbonyl (C=O) groups excluding carboxylic acids is 1. The summed E-state index contributed by atoms with van der Waals surface area (Å²) in [5, 5.41) is 0. The second-order valence-electron chi connectivity index (χ2n) is 7.73. The van der Waals surface area contributed by atoms with Gasteiger partial charge in [0.05, 0.1) is 6.61 Å². The van der Waals surface area contributed by atoms with Crippen molar-refractivity contribution in [2.75, 3.05) is 39.3 Å². The normalized spacial score (nSPS) is 14.2. The average molecular weight is 433 g/mol. The van der Waals surface area contributed by atoms with E-state index in [2.05, 4.69) is 20.9 Å². The molecule has 166 valence electrons. The summed E-state index contributed by atoms with van der Waals surface area (Å²) in [4.78, 5) is 24.8. The van der Waals surface area contributed by atoms with E-state index in [-0.39, 0.29) is 6.09 Å². The van der Waals surface area contributed by atoms with Crippen LogP contribution in [0.4, 0.5) is 4.79 Å². The maximum absolute atomic E-state index is 12.5. The molecular weight excluding hydrogens is 404 g/mol. The predicted molar refractivity (Wildman–Crippen MR) is 122 cm³/mol. The number of aromatic nitrogens is 2. The van der Waals surface area contributed by atoms with E-state index in [1.807, 2.05) is 48.7 Å². The van der Waals surface area contributed by atoms with Crippen LogP contribution in [-0.4, -0.2) is 65.2 Å². The fraction of sp³-hybridized carbons (Fsp3) is 0.320. The van der Waals surface area contributed by atoms with E-state index >= 15 is 0 Å². The van der Waals surface area contributed by atoms with Gasteiger partial charge in [0.2, 0.25) is 0 Å². The van der Waals surface area contributed by atoms with E-state index < -0.39 is 0 Å². The third-order valence-electron chi connectivity index (χ3n) is 5.51. The molecule has 4 rings (SSSR count). The van der Waals surface area contributed by atoms with Crippen LogP contribution in [-0.2, 0) is 12.8 Å². The summed E-state index contributed by atoms with van der Waals surface area (Å²) >= 11 is 0. The molecule has 3 aromatic rings. The van der Waals surface area contributed by atoms with Gasteiger partial charge in [-0.1, -0.05) is 18.2 Å². The highest BCUT2D eigenvalue weighted by atomic mass is 16.6. The number of carbonyl (C=O) groups is 1. The highest BCUT2D eigenvalue weighted by Crippen LogP contribution is 2.16. The first-order valence-corrected chi connectivity index (χ1v) is 11.0. The largest absolute Gasteiger partial charge is 0.493 e. The second kappa shape index (κ2) is 11.2. The van der Waals surface area contributed by atoms with E-state index in [1.54, 1.807) is 23.5 Å². The van der Waals surface area contributed by atoms with E-state index in [0.29, 0.717) is 25.4 Å². The van der Waals surface area contributed by atoms with E-state index in [0.717, 1.165) is 43.8 Å². The van der Waals surface area contributed by atoms with Gasteiger partial charge < -0.3 is 14.4 Å². The monoisotopic (exact) mass is 432 g/mol. The van der Waals surface area contributed by atoms with E-state index in [9.17, 15) is 4.79 Å². The van der Waals surface area contributed by atoms with Crippen LogP contribution in [0.3, 0.4) is 0 Å². The lowest BCUT2D eigenvalue weighted by Gasteiger charge is -2.34. The molecule has 32 heavy (non-hydrogen) atoms. The molecule has 0 atom stereocenters. The Morgan fingerprint density at radius 1 is 0.812 bits per heavy atom. The van der Waals surface area contributed by atoms with Gasteiger partial charge in [0.25, 0.3) is 0 Å². The summed E-state index contributed by atoms with van der Waals surface area (Å²) in [6, 6.07) is 15.3. The topological polar surface area (TPSA) is 67.8 Å². The zero-order valence-corrected chi connectivity index (χ0v) is 18.1. The molecule has 1 aromatic carbocycles. The third kappa shape index (κ3) is 6.52. The van der Waals surface area contributed by atoms with E-state index in [4.69, 9.17) is 9.47 Å². The zero-order valence-electron chi connectivity index (χ0n) is 18.1. The molecule has 0 unspecified atom stereocenters. The minimum atomic E-state index is -0.286. The highest BCUT2D eigenvalue weighted by molar-refractivity contribution is 5.70. The number of benzene rings is 1. The van der Waals surface area contributed by atoms with Crippen molar-refractivity contribution in [3.8, 4) is 11.5 Å². The van der Waals surface area contributed by atoms with Crippen LogP contribution in [0.25, 0.3) is 0 Å². The first-order chi connectivity index (χ1) is 15.8. The summed E-state index contributed by atoms with van der Waals surface area (Å²) in [6.07, 6.45) is 8.58. The molecule has 0 aliphatic carbocycles. The van der Waals surface area contributed by atoms with Gasteiger partial charge in [0.1, 0.15) is 11.5 Å². The van der Waals surface area contributed by atoms with Gasteiger partial charge in [-0.25, -0.2) is 4.79 Å². The van der Waals surface area contributed by atoms with Crippen LogP contribution in [0.1, 0.15) is 11.1 Å².